The van der Waals surface area contributed by atoms with Crippen molar-refractivity contribution in [2.24, 2.45) is 0 Å². The molecule has 1 aromatic rings. The molecule has 0 saturated heterocycles. The van der Waals surface area contributed by atoms with Crippen molar-refractivity contribution < 1.29 is 18.4 Å². The molecule has 0 unspecified atom stereocenters. The Kier molecular flexibility index (Phi) is 4.17. The fourth-order valence-corrected chi connectivity index (χ4v) is 3.34. The molecular weight excluding hydrogens is 287 g/mol. The number of ketones is 1. The van der Waals surface area contributed by atoms with Crippen LogP contribution < -0.4 is 0 Å². The van der Waals surface area contributed by atoms with Crippen LogP contribution in [0.25, 0.3) is 0 Å². The molecule has 2 rings (SSSR count). The topological polar surface area (TPSA) is 52.6 Å². The summed E-state index contributed by atoms with van der Waals surface area (Å²) in [5.41, 5.74) is 0.387. The van der Waals surface area contributed by atoms with Gasteiger partial charge in [0.05, 0.1) is 5.41 Å². The highest BCUT2D eigenvalue weighted by molar-refractivity contribution is 7.54. The highest BCUT2D eigenvalue weighted by Gasteiger charge is 2.52. The zero-order valence-electron chi connectivity index (χ0n) is 10.9. The molecule has 6 heteroatoms. The zero-order chi connectivity index (χ0) is 14.1. The summed E-state index contributed by atoms with van der Waals surface area (Å²) in [4.78, 5) is 12.4. The van der Waals surface area contributed by atoms with Crippen LogP contribution >= 0.6 is 19.2 Å². The van der Waals surface area contributed by atoms with E-state index >= 15 is 0 Å². The molecule has 19 heavy (non-hydrogen) atoms. The molecule has 0 atom stereocenters. The molecule has 0 spiro atoms. The lowest BCUT2D eigenvalue weighted by Gasteiger charge is -2.18. The summed E-state index contributed by atoms with van der Waals surface area (Å²) in [5.74, 6) is -0.0955. The van der Waals surface area contributed by atoms with Crippen LogP contribution in [0, 0.1) is 0 Å². The van der Waals surface area contributed by atoms with Crippen molar-refractivity contribution in [1.29, 1.82) is 0 Å². The van der Waals surface area contributed by atoms with Crippen LogP contribution in [0.1, 0.15) is 18.4 Å². The van der Waals surface area contributed by atoms with Gasteiger partial charge in [0.2, 0.25) is 0 Å². The zero-order valence-corrected chi connectivity index (χ0v) is 12.5. The molecule has 1 aliphatic rings. The van der Waals surface area contributed by atoms with Gasteiger partial charge in [-0.05, 0) is 30.5 Å². The average molecular weight is 303 g/mol. The summed E-state index contributed by atoms with van der Waals surface area (Å²) in [6.07, 6.45) is 1.34. The van der Waals surface area contributed by atoms with Gasteiger partial charge in [-0.2, -0.15) is 0 Å². The van der Waals surface area contributed by atoms with Crippen LogP contribution in [0.5, 0.6) is 0 Å². The van der Waals surface area contributed by atoms with Gasteiger partial charge < -0.3 is 9.05 Å². The Morgan fingerprint density at radius 2 is 1.79 bits per heavy atom. The van der Waals surface area contributed by atoms with Crippen molar-refractivity contribution in [3.05, 3.63) is 34.9 Å². The van der Waals surface area contributed by atoms with E-state index in [0.29, 0.717) is 5.02 Å². The maximum atomic E-state index is 12.4. The van der Waals surface area contributed by atoms with Gasteiger partial charge in [-0.25, -0.2) is 0 Å². The SMILES string of the molecule is COP(=O)(CC(=O)C1(c2ccc(Cl)cc2)CC1)OC. The maximum absolute atomic E-state index is 12.4. The van der Waals surface area contributed by atoms with E-state index in [1.807, 2.05) is 12.1 Å². The number of hydrogen-bond acceptors (Lipinski definition) is 4. The number of carbonyl (C=O) groups is 1. The van der Waals surface area contributed by atoms with Crippen LogP contribution in [0.4, 0.5) is 0 Å². The summed E-state index contributed by atoms with van der Waals surface area (Å²) < 4.78 is 21.7. The predicted octanol–water partition coefficient (Wildman–Crippen LogP) is 3.43. The largest absolute Gasteiger partial charge is 0.337 e. The number of halogens is 1. The Labute approximate surface area is 117 Å². The molecule has 0 heterocycles. The molecule has 1 aromatic carbocycles. The van der Waals surface area contributed by atoms with Crippen LogP contribution in [-0.4, -0.2) is 26.2 Å². The smallest absolute Gasteiger partial charge is 0.312 e. The van der Waals surface area contributed by atoms with E-state index in [1.165, 1.54) is 14.2 Å². The van der Waals surface area contributed by atoms with Crippen molar-refractivity contribution in [2.75, 3.05) is 20.4 Å². The summed E-state index contributed by atoms with van der Waals surface area (Å²) in [7, 11) is -0.717. The van der Waals surface area contributed by atoms with E-state index in [-0.39, 0.29) is 11.9 Å². The highest BCUT2D eigenvalue weighted by atomic mass is 35.5. The van der Waals surface area contributed by atoms with Gasteiger partial charge in [0.25, 0.3) is 0 Å². The van der Waals surface area contributed by atoms with Gasteiger partial charge in [0.15, 0.2) is 5.78 Å². The molecule has 0 N–H and O–H groups in total. The second kappa shape index (κ2) is 5.37. The Bertz CT molecular complexity index is 514. The molecule has 4 nitrogen and oxygen atoms in total. The van der Waals surface area contributed by atoms with Crippen molar-refractivity contribution in [1.82, 2.24) is 0 Å². The van der Waals surface area contributed by atoms with Crippen LogP contribution in [0.15, 0.2) is 24.3 Å². The van der Waals surface area contributed by atoms with Crippen LogP contribution in [-0.2, 0) is 23.8 Å². The van der Waals surface area contributed by atoms with E-state index < -0.39 is 13.0 Å². The number of rotatable bonds is 6. The molecule has 0 radical (unpaired) electrons. The molecule has 1 fully saturated rings. The van der Waals surface area contributed by atoms with Crippen molar-refractivity contribution in [2.45, 2.75) is 18.3 Å². The molecule has 1 saturated carbocycles. The number of Topliss-reactive ketones (excluding diaryl/α,β-unsaturated/α-hetero) is 1. The van der Waals surface area contributed by atoms with Gasteiger partial charge >= 0.3 is 7.60 Å². The van der Waals surface area contributed by atoms with E-state index in [2.05, 4.69) is 0 Å². The number of carbonyl (C=O) groups excluding carboxylic acids is 1. The second-order valence-electron chi connectivity index (χ2n) is 4.65. The van der Waals surface area contributed by atoms with E-state index in [1.54, 1.807) is 12.1 Å². The first-order valence-corrected chi connectivity index (χ1v) is 8.06. The quantitative estimate of drug-likeness (QED) is 0.756. The number of benzene rings is 1. The summed E-state index contributed by atoms with van der Waals surface area (Å²) in [6, 6.07) is 7.21. The van der Waals surface area contributed by atoms with Crippen molar-refractivity contribution >= 4 is 25.0 Å². The first-order chi connectivity index (χ1) is 8.96. The first kappa shape index (κ1) is 14.7. The van der Waals surface area contributed by atoms with E-state index in [4.69, 9.17) is 20.6 Å². The molecule has 0 amide bonds. The minimum Gasteiger partial charge on any atom is -0.312 e. The Morgan fingerprint density at radius 1 is 1.26 bits per heavy atom. The summed E-state index contributed by atoms with van der Waals surface area (Å²) in [6.45, 7) is 0. The third-order valence-electron chi connectivity index (χ3n) is 3.57. The van der Waals surface area contributed by atoms with E-state index in [9.17, 15) is 9.36 Å². The number of hydrogen-bond donors (Lipinski definition) is 0. The van der Waals surface area contributed by atoms with Gasteiger partial charge in [0, 0.05) is 19.2 Å². The third-order valence-corrected chi connectivity index (χ3v) is 5.61. The molecule has 0 aliphatic heterocycles. The van der Waals surface area contributed by atoms with Crippen LogP contribution in [0.2, 0.25) is 5.02 Å². The standard InChI is InChI=1S/C13H16ClO4P/c1-17-19(16,18-2)9-12(15)13(7-8-13)10-3-5-11(14)6-4-10/h3-6H,7-9H2,1-2H3. The fraction of sp³-hybridized carbons (Fsp3) is 0.462. The molecular formula is C13H16ClO4P. The fourth-order valence-electron chi connectivity index (χ4n) is 2.15. The maximum Gasteiger partial charge on any atom is 0.337 e. The lowest BCUT2D eigenvalue weighted by atomic mass is 9.92. The highest BCUT2D eigenvalue weighted by Crippen LogP contribution is 2.54. The minimum absolute atomic E-state index is 0.0955. The molecule has 1 aliphatic carbocycles. The van der Waals surface area contributed by atoms with Gasteiger partial charge in [-0.1, -0.05) is 23.7 Å². The van der Waals surface area contributed by atoms with E-state index in [0.717, 1.165) is 18.4 Å². The van der Waals surface area contributed by atoms with Gasteiger partial charge in [-0.15, -0.1) is 0 Å². The van der Waals surface area contributed by atoms with Gasteiger partial charge in [0.1, 0.15) is 6.16 Å². The van der Waals surface area contributed by atoms with Gasteiger partial charge in [-0.3, -0.25) is 9.36 Å². The normalized spacial score (nSPS) is 17.2. The lowest BCUT2D eigenvalue weighted by Crippen LogP contribution is -2.24. The lowest BCUT2D eigenvalue weighted by molar-refractivity contribution is -0.119. The predicted molar refractivity (Wildman–Crippen MR) is 73.9 cm³/mol. The van der Waals surface area contributed by atoms with Crippen molar-refractivity contribution in [3.8, 4) is 0 Å². The Balaban J connectivity index is 2.19. The first-order valence-electron chi connectivity index (χ1n) is 5.96. The van der Waals surface area contributed by atoms with Crippen molar-refractivity contribution in [3.63, 3.8) is 0 Å². The molecule has 104 valence electrons. The Morgan fingerprint density at radius 3 is 2.21 bits per heavy atom. The second-order valence-corrected chi connectivity index (χ2v) is 7.35. The Hall–Kier alpha value is -0.670. The summed E-state index contributed by atoms with van der Waals surface area (Å²) in [5, 5.41) is 0.631. The monoisotopic (exact) mass is 302 g/mol. The minimum atomic E-state index is -3.30. The summed E-state index contributed by atoms with van der Waals surface area (Å²) >= 11 is 5.84. The van der Waals surface area contributed by atoms with Crippen LogP contribution in [0.3, 0.4) is 0 Å². The average Bonchev–Trinajstić information content (AvgIpc) is 3.21. The third kappa shape index (κ3) is 2.92. The molecule has 0 aromatic heterocycles. The molecule has 0 bridgehead atoms.